The SMILES string of the molecule is CC(CCN(C)C)NCc1cn[nH]c1-c1cccnc1. The van der Waals surface area contributed by atoms with Crippen LogP contribution in [0.1, 0.15) is 18.9 Å². The van der Waals surface area contributed by atoms with Crippen LogP contribution in [0.4, 0.5) is 0 Å². The largest absolute Gasteiger partial charge is 0.310 e. The molecular formula is C15H23N5. The predicted molar refractivity (Wildman–Crippen MR) is 81.3 cm³/mol. The molecule has 0 amide bonds. The first kappa shape index (κ1) is 14.7. The molecule has 0 aliphatic rings. The van der Waals surface area contributed by atoms with Crippen molar-refractivity contribution in [3.63, 3.8) is 0 Å². The first-order chi connectivity index (χ1) is 9.66. The van der Waals surface area contributed by atoms with Gasteiger partial charge in [0.05, 0.1) is 11.9 Å². The van der Waals surface area contributed by atoms with Crippen molar-refractivity contribution < 1.29 is 0 Å². The summed E-state index contributed by atoms with van der Waals surface area (Å²) < 4.78 is 0. The molecule has 0 spiro atoms. The summed E-state index contributed by atoms with van der Waals surface area (Å²) in [5.41, 5.74) is 3.29. The third-order valence-corrected chi connectivity index (χ3v) is 3.32. The number of nitrogens with one attached hydrogen (secondary N) is 2. The number of hydrogen-bond donors (Lipinski definition) is 2. The van der Waals surface area contributed by atoms with E-state index >= 15 is 0 Å². The lowest BCUT2D eigenvalue weighted by Gasteiger charge is -2.16. The Balaban J connectivity index is 1.93. The monoisotopic (exact) mass is 273 g/mol. The molecule has 0 bridgehead atoms. The zero-order valence-corrected chi connectivity index (χ0v) is 12.4. The molecule has 20 heavy (non-hydrogen) atoms. The maximum atomic E-state index is 4.15. The Kier molecular flexibility index (Phi) is 5.26. The van der Waals surface area contributed by atoms with Crippen LogP contribution in [-0.4, -0.2) is 46.8 Å². The average Bonchev–Trinajstić information content (AvgIpc) is 2.92. The zero-order valence-electron chi connectivity index (χ0n) is 12.4. The van der Waals surface area contributed by atoms with Crippen LogP contribution < -0.4 is 5.32 Å². The quantitative estimate of drug-likeness (QED) is 0.809. The van der Waals surface area contributed by atoms with Gasteiger partial charge in [0.2, 0.25) is 0 Å². The predicted octanol–water partition coefficient (Wildman–Crippen LogP) is 1.90. The lowest BCUT2D eigenvalue weighted by molar-refractivity contribution is 0.366. The van der Waals surface area contributed by atoms with Crippen LogP contribution in [0.25, 0.3) is 11.3 Å². The fourth-order valence-corrected chi connectivity index (χ4v) is 2.04. The Morgan fingerprint density at radius 3 is 2.90 bits per heavy atom. The molecule has 1 unspecified atom stereocenters. The van der Waals surface area contributed by atoms with E-state index in [1.54, 1.807) is 6.20 Å². The molecule has 0 aliphatic heterocycles. The van der Waals surface area contributed by atoms with Crippen LogP contribution in [0.5, 0.6) is 0 Å². The summed E-state index contributed by atoms with van der Waals surface area (Å²) in [5.74, 6) is 0. The van der Waals surface area contributed by atoms with E-state index < -0.39 is 0 Å². The highest BCUT2D eigenvalue weighted by atomic mass is 15.1. The summed E-state index contributed by atoms with van der Waals surface area (Å²) in [7, 11) is 4.20. The number of hydrogen-bond acceptors (Lipinski definition) is 4. The van der Waals surface area contributed by atoms with Crippen molar-refractivity contribution >= 4 is 0 Å². The molecule has 2 aromatic heterocycles. The van der Waals surface area contributed by atoms with Gasteiger partial charge in [-0.05, 0) is 46.1 Å². The van der Waals surface area contributed by atoms with E-state index in [0.717, 1.165) is 30.8 Å². The fourth-order valence-electron chi connectivity index (χ4n) is 2.04. The van der Waals surface area contributed by atoms with Crippen molar-refractivity contribution in [1.29, 1.82) is 0 Å². The van der Waals surface area contributed by atoms with E-state index in [1.807, 2.05) is 24.5 Å². The Morgan fingerprint density at radius 2 is 2.20 bits per heavy atom. The van der Waals surface area contributed by atoms with Crippen molar-refractivity contribution in [3.05, 3.63) is 36.3 Å². The summed E-state index contributed by atoms with van der Waals surface area (Å²) in [6, 6.07) is 4.46. The minimum atomic E-state index is 0.481. The average molecular weight is 273 g/mol. The van der Waals surface area contributed by atoms with E-state index in [4.69, 9.17) is 0 Å². The first-order valence-corrected chi connectivity index (χ1v) is 6.97. The number of aromatic nitrogens is 3. The van der Waals surface area contributed by atoms with Crippen LogP contribution in [0, 0.1) is 0 Å². The molecule has 108 valence electrons. The van der Waals surface area contributed by atoms with Crippen LogP contribution in [0.2, 0.25) is 0 Å². The molecule has 0 fully saturated rings. The first-order valence-electron chi connectivity index (χ1n) is 6.97. The van der Waals surface area contributed by atoms with E-state index in [9.17, 15) is 0 Å². The highest BCUT2D eigenvalue weighted by Crippen LogP contribution is 2.19. The van der Waals surface area contributed by atoms with Gasteiger partial charge in [-0.3, -0.25) is 10.1 Å². The van der Waals surface area contributed by atoms with Gasteiger partial charge in [0.25, 0.3) is 0 Å². The van der Waals surface area contributed by atoms with Gasteiger partial charge in [0.15, 0.2) is 0 Å². The summed E-state index contributed by atoms with van der Waals surface area (Å²) in [6.45, 7) is 4.12. The van der Waals surface area contributed by atoms with Crippen LogP contribution in [-0.2, 0) is 6.54 Å². The van der Waals surface area contributed by atoms with Crippen LogP contribution >= 0.6 is 0 Å². The number of nitrogens with zero attached hydrogens (tertiary/aromatic N) is 3. The molecule has 0 radical (unpaired) electrons. The number of aromatic amines is 1. The summed E-state index contributed by atoms with van der Waals surface area (Å²) in [5, 5.41) is 10.8. The van der Waals surface area contributed by atoms with E-state index in [0.29, 0.717) is 6.04 Å². The third kappa shape index (κ3) is 4.15. The molecule has 0 saturated heterocycles. The molecule has 2 N–H and O–H groups in total. The molecule has 0 aliphatic carbocycles. The van der Waals surface area contributed by atoms with Crippen molar-refractivity contribution in [3.8, 4) is 11.3 Å². The van der Waals surface area contributed by atoms with E-state index in [-0.39, 0.29) is 0 Å². The second kappa shape index (κ2) is 7.17. The molecule has 5 heteroatoms. The Labute approximate surface area is 120 Å². The summed E-state index contributed by atoms with van der Waals surface area (Å²) in [4.78, 5) is 6.36. The lowest BCUT2D eigenvalue weighted by atomic mass is 10.1. The molecular weight excluding hydrogens is 250 g/mol. The molecule has 0 saturated carbocycles. The highest BCUT2D eigenvalue weighted by molar-refractivity contribution is 5.61. The number of rotatable bonds is 7. The van der Waals surface area contributed by atoms with E-state index in [1.165, 1.54) is 5.56 Å². The topological polar surface area (TPSA) is 56.8 Å². The highest BCUT2D eigenvalue weighted by Gasteiger charge is 2.09. The van der Waals surface area contributed by atoms with Gasteiger partial charge >= 0.3 is 0 Å². The molecule has 2 aromatic rings. The third-order valence-electron chi connectivity index (χ3n) is 3.32. The maximum Gasteiger partial charge on any atom is 0.0710 e. The van der Waals surface area contributed by atoms with Gasteiger partial charge < -0.3 is 10.2 Å². The molecule has 0 aromatic carbocycles. The lowest BCUT2D eigenvalue weighted by Crippen LogP contribution is -2.29. The van der Waals surface area contributed by atoms with Crippen LogP contribution in [0.15, 0.2) is 30.7 Å². The second-order valence-electron chi connectivity index (χ2n) is 5.39. The summed E-state index contributed by atoms with van der Waals surface area (Å²) in [6.07, 6.45) is 6.65. The van der Waals surface area contributed by atoms with Crippen molar-refractivity contribution in [1.82, 2.24) is 25.4 Å². The Hall–Kier alpha value is -1.72. The van der Waals surface area contributed by atoms with Crippen molar-refractivity contribution in [2.24, 2.45) is 0 Å². The molecule has 1 atom stereocenters. The Morgan fingerprint density at radius 1 is 1.35 bits per heavy atom. The fraction of sp³-hybridized carbons (Fsp3) is 0.467. The van der Waals surface area contributed by atoms with Crippen LogP contribution in [0.3, 0.4) is 0 Å². The normalized spacial score (nSPS) is 12.8. The minimum Gasteiger partial charge on any atom is -0.310 e. The Bertz CT molecular complexity index is 506. The van der Waals surface area contributed by atoms with Gasteiger partial charge in [-0.2, -0.15) is 5.10 Å². The molecule has 2 heterocycles. The van der Waals surface area contributed by atoms with Crippen molar-refractivity contribution in [2.75, 3.05) is 20.6 Å². The van der Waals surface area contributed by atoms with Crippen molar-refractivity contribution in [2.45, 2.75) is 25.9 Å². The summed E-state index contributed by atoms with van der Waals surface area (Å²) >= 11 is 0. The zero-order chi connectivity index (χ0) is 14.4. The number of H-pyrrole nitrogens is 1. The smallest absolute Gasteiger partial charge is 0.0710 e. The molecule has 2 rings (SSSR count). The van der Waals surface area contributed by atoms with Gasteiger partial charge in [-0.25, -0.2) is 0 Å². The van der Waals surface area contributed by atoms with Gasteiger partial charge in [-0.1, -0.05) is 0 Å². The van der Waals surface area contributed by atoms with Gasteiger partial charge in [0.1, 0.15) is 0 Å². The minimum absolute atomic E-state index is 0.481. The van der Waals surface area contributed by atoms with Gasteiger partial charge in [0, 0.05) is 36.1 Å². The number of pyridine rings is 1. The van der Waals surface area contributed by atoms with E-state index in [2.05, 4.69) is 46.4 Å². The second-order valence-corrected chi connectivity index (χ2v) is 5.39. The standard InChI is InChI=1S/C15H23N5/c1-12(6-8-20(2)3)17-10-14-11-18-19-15(14)13-5-4-7-16-9-13/h4-5,7,9,11-12,17H,6,8,10H2,1-3H3,(H,18,19). The maximum absolute atomic E-state index is 4.15. The van der Waals surface area contributed by atoms with Gasteiger partial charge in [-0.15, -0.1) is 0 Å². The molecule has 5 nitrogen and oxygen atoms in total.